The third-order valence-corrected chi connectivity index (χ3v) is 29.1. The van der Waals surface area contributed by atoms with Crippen LogP contribution in [0.15, 0.2) is 364 Å². The molecule has 0 radical (unpaired) electrons. The van der Waals surface area contributed by atoms with E-state index in [2.05, 4.69) is 337 Å². The topological polar surface area (TPSA) is 197 Å². The minimum Gasteiger partial charge on any atom is -0.399 e. The summed E-state index contributed by atoms with van der Waals surface area (Å²) in [6.45, 7) is 29.5. The fraction of sp³-hybridized carbons (Fsp3) is 0.175. The van der Waals surface area contributed by atoms with Crippen LogP contribution in [0, 0.1) is 0 Å². The number of hydrogen-bond donors (Lipinski definition) is 0. The summed E-state index contributed by atoms with van der Waals surface area (Å²) in [5, 5.41) is 10.7. The van der Waals surface area contributed by atoms with Crippen LogP contribution in [0.25, 0.3) is 190 Å². The largest absolute Gasteiger partial charge is 0.496 e. The molecule has 3 fully saturated rings. The summed E-state index contributed by atoms with van der Waals surface area (Å²) in [4.78, 5) is 54.7. The molecule has 1 aliphatic carbocycles. The van der Waals surface area contributed by atoms with Gasteiger partial charge in [-0.2, -0.15) is 0 Å². The second-order valence-electron chi connectivity index (χ2n) is 39.9. The molecule has 5 aromatic heterocycles. The Morgan fingerprint density at radius 1 is 0.221 bits per heavy atom. The van der Waals surface area contributed by atoms with E-state index in [0.717, 1.165) is 137 Å². The molecule has 8 heterocycles. The predicted octanol–water partition coefficient (Wildman–Crippen LogP) is 25.7. The lowest BCUT2D eigenvalue weighted by Crippen LogP contribution is -2.41. The molecule has 0 unspecified atom stereocenters. The number of aromatic nitrogens is 11. The zero-order valence-electron chi connectivity index (χ0n) is 80.7. The van der Waals surface area contributed by atoms with Gasteiger partial charge in [0.2, 0.25) is 0 Å². The van der Waals surface area contributed by atoms with Crippen molar-refractivity contribution in [3.05, 3.63) is 376 Å². The number of hydrogen-bond acceptors (Lipinski definition) is 17. The van der Waals surface area contributed by atoms with E-state index in [1.807, 2.05) is 115 Å². The summed E-state index contributed by atoms with van der Waals surface area (Å²) in [6, 6.07) is 119. The van der Waals surface area contributed by atoms with E-state index in [-0.39, 0.29) is 5.41 Å². The molecule has 0 spiro atoms. The first-order valence-corrected chi connectivity index (χ1v) is 47.8. The summed E-state index contributed by atoms with van der Waals surface area (Å²) >= 11 is 0. The molecule has 15 aromatic carbocycles. The Kier molecular flexibility index (Phi) is 22.8. The zero-order valence-corrected chi connectivity index (χ0v) is 80.7. The van der Waals surface area contributed by atoms with Gasteiger partial charge in [-0.25, -0.2) is 44.9 Å². The van der Waals surface area contributed by atoms with Crippen LogP contribution >= 0.6 is 0 Å². The first-order chi connectivity index (χ1) is 67.6. The molecule has 20 aromatic rings. The van der Waals surface area contributed by atoms with Gasteiger partial charge in [0.15, 0.2) is 52.4 Å². The Morgan fingerprint density at radius 2 is 0.607 bits per heavy atom. The summed E-state index contributed by atoms with van der Waals surface area (Å²) in [7, 11) is -1.46. The van der Waals surface area contributed by atoms with Gasteiger partial charge in [0.25, 0.3) is 0 Å². The average molecular weight is 1830 g/mol. The maximum absolute atomic E-state index is 6.67. The summed E-state index contributed by atoms with van der Waals surface area (Å²) < 4.78 is 38.8. The van der Waals surface area contributed by atoms with Crippen LogP contribution in [-0.4, -0.2) is 110 Å². The molecule has 682 valence electrons. The normalized spacial score (nSPS) is 16.0. The molecule has 4 aliphatic rings. The minimum absolute atomic E-state index is 0.0527. The summed E-state index contributed by atoms with van der Waals surface area (Å²) in [6.07, 6.45) is 5.37. The van der Waals surface area contributed by atoms with Gasteiger partial charge in [-0.05, 0) is 223 Å². The van der Waals surface area contributed by atoms with E-state index >= 15 is 0 Å². The molecule has 0 saturated carbocycles. The van der Waals surface area contributed by atoms with Crippen molar-refractivity contribution in [1.82, 2.24) is 54.8 Å². The van der Waals surface area contributed by atoms with Crippen LogP contribution < -0.4 is 16.4 Å². The van der Waals surface area contributed by atoms with Crippen molar-refractivity contribution in [3.63, 3.8) is 0 Å². The SMILES string of the molecule is CC1(C)OB(c2c3ccccc3c(-c3nc(-c4cccnc4)nc(-c4cc5ccccc5c5ccccc45)n3)c3ccccc23)OC1(C)C.CC1(C)OB(c2ccc(-c3nc(-c4ccc(-c5ccccc5)cc4)nc(-c4ccc(-c5ccccn5)cc4)n3)c3ccccc23)OC1(C)C.CC1(C)c2ccccc2-c2cc(-c3nc(-c4ccccc4)nc(-c4ccc(B5OC(C)(C)C(C)(C)O5)cc4)n3)ccc21. The number of benzene rings is 15. The monoisotopic (exact) mass is 1830 g/mol. The van der Waals surface area contributed by atoms with E-state index in [1.165, 1.54) is 27.6 Å². The van der Waals surface area contributed by atoms with Crippen molar-refractivity contribution in [2.45, 2.75) is 136 Å². The Morgan fingerprint density at radius 3 is 1.16 bits per heavy atom. The first-order valence-electron chi connectivity index (χ1n) is 47.8. The maximum atomic E-state index is 6.67. The third-order valence-electron chi connectivity index (χ3n) is 29.1. The molecule has 0 amide bonds. The Balaban J connectivity index is 0.000000121. The van der Waals surface area contributed by atoms with E-state index < -0.39 is 55.0 Å². The fourth-order valence-electron chi connectivity index (χ4n) is 19.3. The van der Waals surface area contributed by atoms with Gasteiger partial charge < -0.3 is 27.9 Å². The summed E-state index contributed by atoms with van der Waals surface area (Å²) in [5.41, 5.74) is 17.9. The summed E-state index contributed by atoms with van der Waals surface area (Å²) in [5.74, 6) is 5.48. The molecule has 3 aliphatic heterocycles. The Bertz CT molecular complexity index is 7980. The molecule has 140 heavy (non-hydrogen) atoms. The molecular weight excluding hydrogens is 1720 g/mol. The third kappa shape index (κ3) is 16.6. The lowest BCUT2D eigenvalue weighted by Gasteiger charge is -2.32. The number of rotatable bonds is 14. The molecule has 17 nitrogen and oxygen atoms in total. The highest BCUT2D eigenvalue weighted by molar-refractivity contribution is 6.69. The predicted molar refractivity (Wildman–Crippen MR) is 567 cm³/mol. The van der Waals surface area contributed by atoms with Gasteiger partial charge in [-0.3, -0.25) is 9.97 Å². The number of nitrogens with zero attached hydrogens (tertiary/aromatic N) is 11. The lowest BCUT2D eigenvalue weighted by atomic mass is 9.72. The number of fused-ring (bicyclic) bond motifs is 9. The van der Waals surface area contributed by atoms with Gasteiger partial charge in [0.1, 0.15) is 0 Å². The molecule has 20 heteroatoms. The van der Waals surface area contributed by atoms with Crippen molar-refractivity contribution in [1.29, 1.82) is 0 Å². The lowest BCUT2D eigenvalue weighted by molar-refractivity contribution is 0.00578. The van der Waals surface area contributed by atoms with Crippen molar-refractivity contribution >= 4 is 91.6 Å². The standard InChI is InChI=1S/C42H33BN4O2.C42H35BN4O2.C36H34BN3O2/c1-41(2)42(3,4)49-43(48-41)37-33-21-11-9-19-31(33)36(32-20-10-12-22-34(32)37)40-46-38(27-15-13-23-44-25-27)45-39(47-40)35-24-26-14-5-6-16-28(26)29-17-7-8-18-30(29)35;1-41(2)42(3,4)49-43(48-41)36-26-25-35(33-14-8-9-15-34(33)36)40-46-38(31-21-17-29(18-22-31)28-12-6-5-7-13-28)45-39(47-40)32-23-19-30(20-24-32)37-16-10-11-27-44-37;1-34(2)29-15-11-10-14-27(29)28-22-25(18-21-30(28)34)33-39-31(23-12-8-7-9-13-23)38-32(40-33)24-16-19-26(20-17-24)37-41-35(3,4)36(5,6)42-37/h5-25H,1-4H3;5-27H,1-4H3;7-22H,1-6H3. The second kappa shape index (κ2) is 35.4. The van der Waals surface area contributed by atoms with E-state index in [0.29, 0.717) is 52.4 Å². The van der Waals surface area contributed by atoms with E-state index in [1.54, 1.807) is 18.6 Å². The minimum atomic E-state index is -0.544. The van der Waals surface area contributed by atoms with Crippen LogP contribution in [0.3, 0.4) is 0 Å². The zero-order chi connectivity index (χ0) is 96.2. The quantitative estimate of drug-likeness (QED) is 0.0565. The van der Waals surface area contributed by atoms with Crippen molar-refractivity contribution in [2.24, 2.45) is 0 Å². The highest BCUT2D eigenvalue weighted by Gasteiger charge is 2.55. The van der Waals surface area contributed by atoms with Crippen molar-refractivity contribution < 1.29 is 27.9 Å². The van der Waals surface area contributed by atoms with Gasteiger partial charge in [-0.1, -0.05) is 323 Å². The molecule has 0 N–H and O–H groups in total. The van der Waals surface area contributed by atoms with Crippen LogP contribution in [0.4, 0.5) is 0 Å². The van der Waals surface area contributed by atoms with Crippen LogP contribution in [0.1, 0.15) is 108 Å². The van der Waals surface area contributed by atoms with Crippen LogP contribution in [-0.2, 0) is 33.3 Å². The highest BCUT2D eigenvalue weighted by atomic mass is 16.7. The first kappa shape index (κ1) is 90.1. The van der Waals surface area contributed by atoms with Gasteiger partial charge in [-0.15, -0.1) is 0 Å². The Labute approximate surface area is 816 Å². The Hall–Kier alpha value is -15.1. The second-order valence-corrected chi connectivity index (χ2v) is 39.9. The van der Waals surface area contributed by atoms with Crippen LogP contribution in [0.5, 0.6) is 0 Å². The molecular formula is C120H102B3N11O6. The van der Waals surface area contributed by atoms with E-state index in [4.69, 9.17) is 72.8 Å². The average Bonchev–Trinajstić information content (AvgIpc) is 1.03. The maximum Gasteiger partial charge on any atom is 0.496 e. The van der Waals surface area contributed by atoms with Crippen molar-refractivity contribution in [3.8, 4) is 136 Å². The smallest absolute Gasteiger partial charge is 0.399 e. The highest BCUT2D eigenvalue weighted by Crippen LogP contribution is 2.51. The molecule has 0 atom stereocenters. The van der Waals surface area contributed by atoms with Crippen LogP contribution in [0.2, 0.25) is 0 Å². The fourth-order valence-corrected chi connectivity index (χ4v) is 19.3. The molecule has 3 saturated heterocycles. The van der Waals surface area contributed by atoms with Gasteiger partial charge in [0.05, 0.1) is 39.3 Å². The number of pyridine rings is 2. The van der Waals surface area contributed by atoms with Gasteiger partial charge in [0, 0.05) is 79.6 Å². The van der Waals surface area contributed by atoms with Crippen molar-refractivity contribution in [2.75, 3.05) is 0 Å². The van der Waals surface area contributed by atoms with E-state index in [9.17, 15) is 0 Å². The molecule has 24 rings (SSSR count). The molecule has 0 bridgehead atoms. The van der Waals surface area contributed by atoms with Gasteiger partial charge >= 0.3 is 21.4 Å².